The maximum Gasteiger partial charge on any atom is 0.188 e. The van der Waals surface area contributed by atoms with Gasteiger partial charge in [-0.2, -0.15) is 0 Å². The minimum atomic E-state index is 0. The van der Waals surface area contributed by atoms with Crippen LogP contribution in [0.25, 0.3) is 0 Å². The molecule has 0 atom stereocenters. The Morgan fingerprint density at radius 3 is 2.70 bits per heavy atom. The molecule has 126 valence electrons. The maximum atomic E-state index is 5.87. The number of nitrogens with one attached hydrogen (secondary N) is 1. The first-order valence-corrected chi connectivity index (χ1v) is 8.46. The molecule has 0 amide bonds. The number of nitrogens with zero attached hydrogens (tertiary/aromatic N) is 2. The van der Waals surface area contributed by atoms with Gasteiger partial charge in [-0.15, -0.1) is 35.3 Å². The highest BCUT2D eigenvalue weighted by molar-refractivity contribution is 14.0. The fraction of sp³-hybridized carbons (Fsp3) is 0.353. The van der Waals surface area contributed by atoms with Gasteiger partial charge in [0.25, 0.3) is 0 Å². The number of hydrogen-bond donors (Lipinski definition) is 2. The second-order valence-electron chi connectivity index (χ2n) is 5.13. The number of hydrogen-bond acceptors (Lipinski definition) is 3. The van der Waals surface area contributed by atoms with Crippen molar-refractivity contribution in [2.75, 3.05) is 31.6 Å². The van der Waals surface area contributed by atoms with Crippen LogP contribution in [-0.4, -0.2) is 32.6 Å². The molecule has 0 unspecified atom stereocenters. The van der Waals surface area contributed by atoms with E-state index in [9.17, 15) is 0 Å². The van der Waals surface area contributed by atoms with Crippen molar-refractivity contribution >= 4 is 47.0 Å². The van der Waals surface area contributed by atoms with Crippen molar-refractivity contribution < 1.29 is 0 Å². The first-order chi connectivity index (χ1) is 10.8. The van der Waals surface area contributed by atoms with Crippen LogP contribution in [-0.2, 0) is 6.42 Å². The van der Waals surface area contributed by atoms with Crippen LogP contribution in [0.15, 0.2) is 52.8 Å². The summed E-state index contributed by atoms with van der Waals surface area (Å²) in [6, 6.07) is 14.6. The first kappa shape index (κ1) is 19.8. The zero-order valence-corrected chi connectivity index (χ0v) is 16.6. The summed E-state index contributed by atoms with van der Waals surface area (Å²) in [7, 11) is 2.10. The molecule has 0 aliphatic heterocycles. The molecule has 3 N–H and O–H groups in total. The largest absolute Gasteiger partial charge is 0.375 e. The lowest BCUT2D eigenvalue weighted by atomic mass is 10.3. The van der Waals surface area contributed by atoms with Crippen molar-refractivity contribution in [3.05, 3.63) is 52.7 Å². The molecule has 0 aliphatic carbocycles. The third-order valence-electron chi connectivity index (χ3n) is 3.39. The molecule has 0 saturated carbocycles. The van der Waals surface area contributed by atoms with E-state index in [0.29, 0.717) is 5.96 Å². The number of halogens is 1. The molecule has 1 aromatic carbocycles. The van der Waals surface area contributed by atoms with Gasteiger partial charge in [-0.1, -0.05) is 24.3 Å². The van der Waals surface area contributed by atoms with E-state index in [4.69, 9.17) is 5.73 Å². The number of benzene rings is 1. The molecule has 4 nitrogen and oxygen atoms in total. The Kier molecular flexibility index (Phi) is 9.70. The number of anilines is 1. The van der Waals surface area contributed by atoms with Gasteiger partial charge in [-0.25, -0.2) is 0 Å². The fourth-order valence-electron chi connectivity index (χ4n) is 2.14. The minimum absolute atomic E-state index is 0. The SMILES string of the molecule is CN(CCCN=C(N)NCCc1cccs1)c1ccccc1.I. The first-order valence-electron chi connectivity index (χ1n) is 7.58. The highest BCUT2D eigenvalue weighted by Gasteiger charge is 1.99. The normalized spacial score (nSPS) is 10.9. The predicted molar refractivity (Wildman–Crippen MR) is 112 cm³/mol. The smallest absolute Gasteiger partial charge is 0.188 e. The molecule has 0 saturated heterocycles. The Morgan fingerprint density at radius 1 is 1.22 bits per heavy atom. The summed E-state index contributed by atoms with van der Waals surface area (Å²) < 4.78 is 0. The van der Waals surface area contributed by atoms with Crippen molar-refractivity contribution in [2.45, 2.75) is 12.8 Å². The molecule has 2 aromatic rings. The van der Waals surface area contributed by atoms with Gasteiger partial charge in [0.15, 0.2) is 5.96 Å². The lowest BCUT2D eigenvalue weighted by Crippen LogP contribution is -2.33. The van der Waals surface area contributed by atoms with Crippen molar-refractivity contribution in [3.8, 4) is 0 Å². The Morgan fingerprint density at radius 2 is 2.00 bits per heavy atom. The Bertz CT molecular complexity index is 557. The van der Waals surface area contributed by atoms with E-state index in [-0.39, 0.29) is 24.0 Å². The molecule has 6 heteroatoms. The van der Waals surface area contributed by atoms with Gasteiger partial charge < -0.3 is 16.0 Å². The highest BCUT2D eigenvalue weighted by Crippen LogP contribution is 2.11. The molecule has 23 heavy (non-hydrogen) atoms. The minimum Gasteiger partial charge on any atom is -0.375 e. The number of guanidine groups is 1. The summed E-state index contributed by atoms with van der Waals surface area (Å²) in [4.78, 5) is 7.97. The van der Waals surface area contributed by atoms with Gasteiger partial charge in [-0.05, 0) is 36.4 Å². The molecule has 0 bridgehead atoms. The van der Waals surface area contributed by atoms with E-state index in [1.165, 1.54) is 10.6 Å². The number of rotatable bonds is 8. The standard InChI is InChI=1S/C17H24N4S.HI/c1-21(15-7-3-2-4-8-15)13-6-11-19-17(18)20-12-10-16-9-5-14-22-16;/h2-5,7-9,14H,6,10-13H2,1H3,(H3,18,19,20);1H. The summed E-state index contributed by atoms with van der Waals surface area (Å²) in [5.41, 5.74) is 7.10. The molecule has 0 fully saturated rings. The quantitative estimate of drug-likeness (QED) is 0.284. The van der Waals surface area contributed by atoms with Gasteiger partial charge in [-0.3, -0.25) is 4.99 Å². The lowest BCUT2D eigenvalue weighted by molar-refractivity contribution is 0.785. The predicted octanol–water partition coefficient (Wildman–Crippen LogP) is 3.34. The van der Waals surface area contributed by atoms with E-state index in [1.807, 2.05) is 6.07 Å². The van der Waals surface area contributed by atoms with Gasteiger partial charge in [0.05, 0.1) is 0 Å². The van der Waals surface area contributed by atoms with Crippen LogP contribution in [0.3, 0.4) is 0 Å². The zero-order chi connectivity index (χ0) is 15.6. The monoisotopic (exact) mass is 444 g/mol. The van der Waals surface area contributed by atoms with Crippen LogP contribution in [0.5, 0.6) is 0 Å². The van der Waals surface area contributed by atoms with Crippen molar-refractivity contribution in [1.82, 2.24) is 5.32 Å². The van der Waals surface area contributed by atoms with Crippen LogP contribution in [0.4, 0.5) is 5.69 Å². The van der Waals surface area contributed by atoms with Crippen LogP contribution in [0.2, 0.25) is 0 Å². The van der Waals surface area contributed by atoms with Crippen molar-refractivity contribution in [2.24, 2.45) is 10.7 Å². The molecule has 2 rings (SSSR count). The van der Waals surface area contributed by atoms with Gasteiger partial charge >= 0.3 is 0 Å². The molecule has 1 heterocycles. The molecule has 0 radical (unpaired) electrons. The second-order valence-corrected chi connectivity index (χ2v) is 6.17. The van der Waals surface area contributed by atoms with Crippen LogP contribution >= 0.6 is 35.3 Å². The molecule has 1 aromatic heterocycles. The van der Waals surface area contributed by atoms with E-state index < -0.39 is 0 Å². The maximum absolute atomic E-state index is 5.87. The van der Waals surface area contributed by atoms with E-state index >= 15 is 0 Å². The molecular formula is C17H25IN4S. The fourth-order valence-corrected chi connectivity index (χ4v) is 2.85. The van der Waals surface area contributed by atoms with Gasteiger partial charge in [0, 0.05) is 37.2 Å². The van der Waals surface area contributed by atoms with Gasteiger partial charge in [0.2, 0.25) is 0 Å². The Hall–Kier alpha value is -1.28. The summed E-state index contributed by atoms with van der Waals surface area (Å²) in [6.07, 6.45) is 1.98. The number of para-hydroxylation sites is 1. The van der Waals surface area contributed by atoms with Crippen molar-refractivity contribution in [3.63, 3.8) is 0 Å². The molecule has 0 spiro atoms. The number of nitrogens with two attached hydrogens (primary N) is 1. The van der Waals surface area contributed by atoms with E-state index in [1.54, 1.807) is 11.3 Å². The van der Waals surface area contributed by atoms with Gasteiger partial charge in [0.1, 0.15) is 0 Å². The summed E-state index contributed by atoms with van der Waals surface area (Å²) in [5, 5.41) is 5.25. The van der Waals surface area contributed by atoms with Crippen LogP contribution in [0.1, 0.15) is 11.3 Å². The average Bonchev–Trinajstić information content (AvgIpc) is 3.05. The third-order valence-corrected chi connectivity index (χ3v) is 4.32. The summed E-state index contributed by atoms with van der Waals surface area (Å²) in [5.74, 6) is 0.541. The summed E-state index contributed by atoms with van der Waals surface area (Å²) in [6.45, 7) is 2.55. The summed E-state index contributed by atoms with van der Waals surface area (Å²) >= 11 is 1.77. The topological polar surface area (TPSA) is 53.6 Å². The van der Waals surface area contributed by atoms with Crippen LogP contribution in [0, 0.1) is 0 Å². The molecular weight excluding hydrogens is 419 g/mol. The average molecular weight is 444 g/mol. The second kappa shape index (κ2) is 11.3. The molecule has 0 aliphatic rings. The van der Waals surface area contributed by atoms with Crippen LogP contribution < -0.4 is 16.0 Å². The Balaban J connectivity index is 0.00000264. The van der Waals surface area contributed by atoms with E-state index in [2.05, 4.69) is 64.0 Å². The number of thiophene rings is 1. The lowest BCUT2D eigenvalue weighted by Gasteiger charge is -2.18. The zero-order valence-electron chi connectivity index (χ0n) is 13.4. The third kappa shape index (κ3) is 7.69. The Labute approximate surface area is 159 Å². The highest BCUT2D eigenvalue weighted by atomic mass is 127. The van der Waals surface area contributed by atoms with Crippen molar-refractivity contribution in [1.29, 1.82) is 0 Å². The van der Waals surface area contributed by atoms with E-state index in [0.717, 1.165) is 32.5 Å². The number of aliphatic imine (C=N–C) groups is 1.